The quantitative estimate of drug-likeness (QED) is 0.112. The first-order valence-electron chi connectivity index (χ1n) is 22.1. The highest BCUT2D eigenvalue weighted by molar-refractivity contribution is 6.03. The lowest BCUT2D eigenvalue weighted by Crippen LogP contribution is -2.44. The first-order valence-corrected chi connectivity index (χ1v) is 22.1. The van der Waals surface area contributed by atoms with Crippen molar-refractivity contribution in [2.24, 2.45) is 18.9 Å². The summed E-state index contributed by atoms with van der Waals surface area (Å²) in [5, 5.41) is 9.23. The molecule has 4 fully saturated rings. The van der Waals surface area contributed by atoms with Gasteiger partial charge in [-0.2, -0.15) is 5.10 Å². The smallest absolute Gasteiger partial charge is 0.329 e. The molecule has 0 bridgehead atoms. The number of aromatic nitrogens is 6. The number of carbonyl (C=O) groups excluding carboxylic acids is 3. The highest BCUT2D eigenvalue weighted by Crippen LogP contribution is 2.34. The molecule has 17 heteroatoms. The van der Waals surface area contributed by atoms with Gasteiger partial charge in [0.15, 0.2) is 11.4 Å². The lowest BCUT2D eigenvalue weighted by atomic mass is 9.91. The van der Waals surface area contributed by atoms with Gasteiger partial charge in [0.2, 0.25) is 17.7 Å². The average Bonchev–Trinajstić information content (AvgIpc) is 3.67. The zero-order valence-corrected chi connectivity index (χ0v) is 35.1. The van der Waals surface area contributed by atoms with E-state index in [9.17, 15) is 28.0 Å². The third-order valence-corrected chi connectivity index (χ3v) is 13.3. The topological polar surface area (TPSA) is 165 Å². The number of fused-ring (bicyclic) bond motifs is 1. The molecular formula is C45H54F2N10O5. The number of para-hydroxylation sites is 1. The Kier molecular flexibility index (Phi) is 12.2. The SMILES string of the molecule is Cn1c(=O)n(C2CCC(=O)NC2=O)c2cccc(CN3CCC(CCCN4CCC(n5cc(NC(=O)c6coc(-c7ccnc(CCC8CC8)c7)n6)c(C(F)F)n5)CC4)CC3)c21. The third-order valence-electron chi connectivity index (χ3n) is 13.3. The number of carbonyl (C=O) groups is 3. The van der Waals surface area contributed by atoms with Crippen LogP contribution in [0.5, 0.6) is 0 Å². The zero-order chi connectivity index (χ0) is 42.9. The number of imidazole rings is 1. The molecule has 5 aromatic rings. The van der Waals surface area contributed by atoms with Crippen LogP contribution in [0.3, 0.4) is 0 Å². The Morgan fingerprint density at radius 3 is 2.50 bits per heavy atom. The number of rotatable bonds is 15. The van der Waals surface area contributed by atoms with E-state index in [4.69, 9.17) is 4.42 Å². The van der Waals surface area contributed by atoms with Crippen LogP contribution in [-0.4, -0.2) is 89.1 Å². The molecule has 4 aromatic heterocycles. The van der Waals surface area contributed by atoms with Crippen LogP contribution in [0, 0.1) is 11.8 Å². The number of piperidine rings is 3. The van der Waals surface area contributed by atoms with Gasteiger partial charge >= 0.3 is 5.69 Å². The number of alkyl halides is 2. The van der Waals surface area contributed by atoms with Gasteiger partial charge in [-0.3, -0.25) is 43.4 Å². The number of hydrogen-bond donors (Lipinski definition) is 2. The fraction of sp³-hybridized carbons (Fsp3) is 0.533. The van der Waals surface area contributed by atoms with Crippen LogP contribution >= 0.6 is 0 Å². The van der Waals surface area contributed by atoms with E-state index in [1.165, 1.54) is 25.3 Å². The summed E-state index contributed by atoms with van der Waals surface area (Å²) in [5.41, 5.74) is 3.49. The first kappa shape index (κ1) is 41.8. The van der Waals surface area contributed by atoms with E-state index in [-0.39, 0.29) is 41.3 Å². The number of pyridine rings is 1. The average molecular weight is 853 g/mol. The van der Waals surface area contributed by atoms with Crippen molar-refractivity contribution < 1.29 is 27.6 Å². The van der Waals surface area contributed by atoms with Crippen molar-refractivity contribution in [3.8, 4) is 11.5 Å². The molecular weight excluding hydrogens is 799 g/mol. The van der Waals surface area contributed by atoms with Crippen molar-refractivity contribution in [1.29, 1.82) is 0 Å². The van der Waals surface area contributed by atoms with Crippen molar-refractivity contribution in [3.05, 3.63) is 82.1 Å². The minimum Gasteiger partial charge on any atom is -0.444 e. The molecule has 3 aliphatic heterocycles. The maximum atomic E-state index is 14.2. The largest absolute Gasteiger partial charge is 0.444 e. The summed E-state index contributed by atoms with van der Waals surface area (Å²) in [6, 6.07) is 8.80. The summed E-state index contributed by atoms with van der Waals surface area (Å²) in [6.07, 6.45) is 12.6. The second kappa shape index (κ2) is 18.0. The molecule has 0 spiro atoms. The molecule has 62 heavy (non-hydrogen) atoms. The monoisotopic (exact) mass is 852 g/mol. The molecule has 3 saturated heterocycles. The van der Waals surface area contributed by atoms with Gasteiger partial charge in [-0.25, -0.2) is 18.6 Å². The molecule has 4 aliphatic rings. The normalized spacial score (nSPS) is 19.8. The van der Waals surface area contributed by atoms with Gasteiger partial charge in [0.05, 0.1) is 22.8 Å². The predicted octanol–water partition coefficient (Wildman–Crippen LogP) is 6.43. The van der Waals surface area contributed by atoms with E-state index in [2.05, 4.69) is 41.6 Å². The lowest BCUT2D eigenvalue weighted by Gasteiger charge is -2.34. The van der Waals surface area contributed by atoms with Gasteiger partial charge in [0, 0.05) is 56.8 Å². The Morgan fingerprint density at radius 2 is 1.74 bits per heavy atom. The van der Waals surface area contributed by atoms with Crippen LogP contribution in [0.2, 0.25) is 0 Å². The molecule has 15 nitrogen and oxygen atoms in total. The highest BCUT2D eigenvalue weighted by Gasteiger charge is 2.32. The lowest BCUT2D eigenvalue weighted by molar-refractivity contribution is -0.135. The second-order valence-corrected chi connectivity index (χ2v) is 17.6. The van der Waals surface area contributed by atoms with Crippen LogP contribution in [0.4, 0.5) is 14.5 Å². The van der Waals surface area contributed by atoms with Gasteiger partial charge in [0.1, 0.15) is 12.3 Å². The maximum Gasteiger partial charge on any atom is 0.329 e. The molecule has 1 aromatic carbocycles. The Hall–Kier alpha value is -5.55. The van der Waals surface area contributed by atoms with E-state index in [1.54, 1.807) is 33.1 Å². The van der Waals surface area contributed by atoms with E-state index >= 15 is 0 Å². The van der Waals surface area contributed by atoms with E-state index in [0.29, 0.717) is 30.0 Å². The number of amides is 3. The predicted molar refractivity (Wildman–Crippen MR) is 226 cm³/mol. The Balaban J connectivity index is 0.727. The minimum atomic E-state index is -2.86. The van der Waals surface area contributed by atoms with Crippen LogP contribution in [0.15, 0.2) is 58.2 Å². The second-order valence-electron chi connectivity index (χ2n) is 17.6. The number of imide groups is 1. The van der Waals surface area contributed by atoms with E-state index < -0.39 is 30.0 Å². The summed E-state index contributed by atoms with van der Waals surface area (Å²) in [5.74, 6) is 0.307. The van der Waals surface area contributed by atoms with Gasteiger partial charge in [-0.05, 0) is 113 Å². The molecule has 7 heterocycles. The fourth-order valence-electron chi connectivity index (χ4n) is 9.62. The number of likely N-dealkylation sites (tertiary alicyclic amines) is 2. The molecule has 0 radical (unpaired) electrons. The molecule has 328 valence electrons. The highest BCUT2D eigenvalue weighted by atomic mass is 19.3. The molecule has 1 saturated carbocycles. The number of nitrogens with zero attached hydrogens (tertiary/aromatic N) is 8. The number of aryl methyl sites for hydroxylation is 2. The zero-order valence-electron chi connectivity index (χ0n) is 35.1. The number of anilines is 1. The number of hydrogen-bond acceptors (Lipinski definition) is 10. The number of oxazole rings is 1. The van der Waals surface area contributed by atoms with Crippen LogP contribution < -0.4 is 16.3 Å². The number of halogens is 2. The standard InChI is InChI=1S/C45H54F2N10O5/c1-53-40-31(5-2-6-36(40)57(45(53)61)37-11-12-38(58)51-43(37)60)25-55-20-14-28(15-21-55)4-3-19-54-22-16-33(17-23-54)56-26-34(39(52-56)41(46)47)49-42(59)35-27-62-44(50-35)30-13-18-48-32(24-30)10-9-29-7-8-29/h2,5-6,13,18,24,26-29,33,37,41H,3-4,7-12,14-17,19-23,25H2,1H3,(H,49,59)(H,51,58,60). The van der Waals surface area contributed by atoms with Crippen molar-refractivity contribution in [3.63, 3.8) is 0 Å². The molecule has 3 amide bonds. The first-order chi connectivity index (χ1) is 30.1. The maximum absolute atomic E-state index is 14.2. The fourth-order valence-corrected chi connectivity index (χ4v) is 9.62. The van der Waals surface area contributed by atoms with Crippen molar-refractivity contribution in [2.45, 2.75) is 102 Å². The molecule has 1 aliphatic carbocycles. The number of benzene rings is 1. The number of nitrogens with one attached hydrogen (secondary N) is 2. The van der Waals surface area contributed by atoms with E-state index in [0.717, 1.165) is 107 Å². The Morgan fingerprint density at radius 1 is 0.968 bits per heavy atom. The minimum absolute atomic E-state index is 0.00778. The van der Waals surface area contributed by atoms with Crippen LogP contribution in [-0.2, 0) is 29.6 Å². The molecule has 2 N–H and O–H groups in total. The summed E-state index contributed by atoms with van der Waals surface area (Å²) in [4.78, 5) is 64.6. The van der Waals surface area contributed by atoms with Gasteiger partial charge in [-0.15, -0.1) is 0 Å². The van der Waals surface area contributed by atoms with Gasteiger partial charge in [-0.1, -0.05) is 25.0 Å². The van der Waals surface area contributed by atoms with Gasteiger partial charge < -0.3 is 14.6 Å². The molecule has 1 unspecified atom stereocenters. The summed E-state index contributed by atoms with van der Waals surface area (Å²) in [6.45, 7) is 5.31. The Bertz CT molecular complexity index is 2490. The van der Waals surface area contributed by atoms with Crippen LogP contribution in [0.1, 0.15) is 117 Å². The summed E-state index contributed by atoms with van der Waals surface area (Å²) in [7, 11) is 1.75. The molecule has 9 rings (SSSR count). The summed E-state index contributed by atoms with van der Waals surface area (Å²) >= 11 is 0. The van der Waals surface area contributed by atoms with Crippen molar-refractivity contribution >= 4 is 34.4 Å². The third kappa shape index (κ3) is 9.14. The van der Waals surface area contributed by atoms with Gasteiger partial charge in [0.25, 0.3) is 12.3 Å². The summed E-state index contributed by atoms with van der Waals surface area (Å²) < 4.78 is 38.7. The molecule has 1 atom stereocenters. The van der Waals surface area contributed by atoms with Crippen LogP contribution in [0.25, 0.3) is 22.5 Å². The van der Waals surface area contributed by atoms with Crippen molar-refractivity contribution in [1.82, 2.24) is 44.0 Å². The van der Waals surface area contributed by atoms with Crippen molar-refractivity contribution in [2.75, 3.05) is 38.0 Å². The van der Waals surface area contributed by atoms with E-state index in [1.807, 2.05) is 18.2 Å². The Labute approximate surface area is 357 Å².